The predicted molar refractivity (Wildman–Crippen MR) is 63.7 cm³/mol. The summed E-state index contributed by atoms with van der Waals surface area (Å²) in [5.74, 6) is 0.991. The zero-order chi connectivity index (χ0) is 12.7. The molecule has 1 aromatic heterocycles. The standard InChI is InChI=1S/C11H13N5O2/c12-5-7(13)11-14-8-3-6-1-2-18-10(6)4-9(8)16(17)15-11/h3-4,7H,1-2,5,12-13H2. The van der Waals surface area contributed by atoms with Gasteiger partial charge in [0.25, 0.3) is 5.52 Å². The van der Waals surface area contributed by atoms with Crippen molar-refractivity contribution in [2.24, 2.45) is 11.5 Å². The summed E-state index contributed by atoms with van der Waals surface area (Å²) in [6.45, 7) is 0.826. The molecule has 1 aromatic carbocycles. The smallest absolute Gasteiger partial charge is 0.274 e. The average molecular weight is 247 g/mol. The maximum atomic E-state index is 11.8. The second kappa shape index (κ2) is 4.04. The first-order valence-electron chi connectivity index (χ1n) is 5.72. The molecule has 1 atom stereocenters. The molecule has 7 heteroatoms. The van der Waals surface area contributed by atoms with Gasteiger partial charge in [-0.2, -0.15) is 0 Å². The molecule has 0 aliphatic carbocycles. The van der Waals surface area contributed by atoms with E-state index in [1.54, 1.807) is 6.07 Å². The first-order chi connectivity index (χ1) is 8.69. The van der Waals surface area contributed by atoms with Crippen molar-refractivity contribution in [1.29, 1.82) is 0 Å². The van der Waals surface area contributed by atoms with E-state index in [1.165, 1.54) is 0 Å². The summed E-state index contributed by atoms with van der Waals surface area (Å²) in [7, 11) is 0. The molecular formula is C11H13N5O2. The van der Waals surface area contributed by atoms with E-state index in [4.69, 9.17) is 16.2 Å². The minimum atomic E-state index is -0.529. The summed E-state index contributed by atoms with van der Waals surface area (Å²) in [4.78, 5) is 4.81. The van der Waals surface area contributed by atoms with E-state index < -0.39 is 6.04 Å². The Bertz CT molecular complexity index is 616. The average Bonchev–Trinajstić information content (AvgIpc) is 2.82. The van der Waals surface area contributed by atoms with Crippen LogP contribution in [0.1, 0.15) is 17.4 Å². The number of fused-ring (bicyclic) bond motifs is 2. The minimum Gasteiger partial charge on any atom is -0.594 e. The maximum Gasteiger partial charge on any atom is 0.274 e. The van der Waals surface area contributed by atoms with Crippen molar-refractivity contribution in [2.45, 2.75) is 12.5 Å². The van der Waals surface area contributed by atoms with Gasteiger partial charge in [-0.05, 0) is 10.9 Å². The molecule has 0 amide bonds. The monoisotopic (exact) mass is 247 g/mol. The summed E-state index contributed by atoms with van der Waals surface area (Å²) >= 11 is 0. The van der Waals surface area contributed by atoms with Crippen LogP contribution in [0.25, 0.3) is 11.0 Å². The Balaban J connectivity index is 2.21. The van der Waals surface area contributed by atoms with Crippen molar-refractivity contribution in [1.82, 2.24) is 10.1 Å². The van der Waals surface area contributed by atoms with Crippen LogP contribution in [0, 0.1) is 5.21 Å². The van der Waals surface area contributed by atoms with Crippen molar-refractivity contribution in [2.75, 3.05) is 13.2 Å². The van der Waals surface area contributed by atoms with Gasteiger partial charge in [-0.25, -0.2) is 4.98 Å². The lowest BCUT2D eigenvalue weighted by Gasteiger charge is -2.07. The number of ether oxygens (including phenoxy) is 1. The number of nitrogens with two attached hydrogens (primary N) is 2. The first kappa shape index (κ1) is 11.1. The molecule has 2 aromatic rings. The third-order valence-corrected chi connectivity index (χ3v) is 3.01. The lowest BCUT2D eigenvalue weighted by molar-refractivity contribution is -0.644. The molecule has 4 N–H and O–H groups in total. The van der Waals surface area contributed by atoms with Gasteiger partial charge >= 0.3 is 0 Å². The SMILES string of the molecule is NCC(N)c1nc2cc3c(cc2[n+]([O-])n1)OCC3. The number of benzene rings is 1. The van der Waals surface area contributed by atoms with Crippen molar-refractivity contribution < 1.29 is 9.58 Å². The fourth-order valence-corrected chi connectivity index (χ4v) is 2.00. The van der Waals surface area contributed by atoms with Crippen molar-refractivity contribution in [3.8, 4) is 5.75 Å². The quantitative estimate of drug-likeness (QED) is 0.528. The number of hydrogen-bond donors (Lipinski definition) is 2. The molecule has 1 aliphatic rings. The number of hydrogen-bond acceptors (Lipinski definition) is 6. The molecule has 0 bridgehead atoms. The summed E-state index contributed by atoms with van der Waals surface area (Å²) in [5.41, 5.74) is 13.2. The molecular weight excluding hydrogens is 234 g/mol. The molecule has 1 aliphatic heterocycles. The Morgan fingerprint density at radius 1 is 1.50 bits per heavy atom. The van der Waals surface area contributed by atoms with Crippen molar-refractivity contribution in [3.05, 3.63) is 28.7 Å². The van der Waals surface area contributed by atoms with Crippen LogP contribution in [0.15, 0.2) is 12.1 Å². The molecule has 0 saturated heterocycles. The number of nitrogens with zero attached hydrogens (tertiary/aromatic N) is 3. The van der Waals surface area contributed by atoms with E-state index in [0.29, 0.717) is 22.5 Å². The molecule has 0 radical (unpaired) electrons. The fraction of sp³-hybridized carbons (Fsp3) is 0.364. The predicted octanol–water partition coefficient (Wildman–Crippen LogP) is -0.843. The summed E-state index contributed by atoms with van der Waals surface area (Å²) in [6, 6.07) is 2.99. The van der Waals surface area contributed by atoms with E-state index in [2.05, 4.69) is 10.1 Å². The maximum absolute atomic E-state index is 11.8. The highest BCUT2D eigenvalue weighted by molar-refractivity contribution is 5.75. The molecule has 0 saturated carbocycles. The minimum absolute atomic E-state index is 0.194. The van der Waals surface area contributed by atoms with E-state index in [0.717, 1.165) is 17.7 Å². The van der Waals surface area contributed by atoms with Crippen LogP contribution in [-0.2, 0) is 6.42 Å². The van der Waals surface area contributed by atoms with Gasteiger partial charge in [0.15, 0.2) is 0 Å². The topological polar surface area (TPSA) is 114 Å². The zero-order valence-electron chi connectivity index (χ0n) is 9.67. The third kappa shape index (κ3) is 1.64. The largest absolute Gasteiger partial charge is 0.594 e. The summed E-state index contributed by atoms with van der Waals surface area (Å²) in [5, 5.41) is 15.6. The van der Waals surface area contributed by atoms with E-state index in [9.17, 15) is 5.21 Å². The molecule has 0 spiro atoms. The highest BCUT2D eigenvalue weighted by Gasteiger charge is 2.20. The Morgan fingerprint density at radius 3 is 3.11 bits per heavy atom. The van der Waals surface area contributed by atoms with E-state index in [1.807, 2.05) is 6.07 Å². The highest BCUT2D eigenvalue weighted by Crippen LogP contribution is 2.28. The fourth-order valence-electron chi connectivity index (χ4n) is 2.00. The van der Waals surface area contributed by atoms with E-state index in [-0.39, 0.29) is 12.4 Å². The zero-order valence-corrected chi connectivity index (χ0v) is 9.67. The second-order valence-electron chi connectivity index (χ2n) is 4.23. The van der Waals surface area contributed by atoms with Crippen LogP contribution >= 0.6 is 0 Å². The van der Waals surface area contributed by atoms with Gasteiger partial charge in [0.05, 0.1) is 18.7 Å². The lowest BCUT2D eigenvalue weighted by Crippen LogP contribution is -2.37. The van der Waals surface area contributed by atoms with Crippen LogP contribution in [-0.4, -0.2) is 23.2 Å². The van der Waals surface area contributed by atoms with E-state index >= 15 is 0 Å². The molecule has 7 nitrogen and oxygen atoms in total. The van der Waals surface area contributed by atoms with Crippen LogP contribution < -0.4 is 21.0 Å². The Hall–Kier alpha value is -1.99. The van der Waals surface area contributed by atoms with Crippen molar-refractivity contribution in [3.63, 3.8) is 0 Å². The van der Waals surface area contributed by atoms with Gasteiger partial charge in [-0.1, -0.05) is 0 Å². The molecule has 94 valence electrons. The third-order valence-electron chi connectivity index (χ3n) is 3.01. The number of aromatic nitrogens is 3. The van der Waals surface area contributed by atoms with Crippen LogP contribution in [0.3, 0.4) is 0 Å². The molecule has 18 heavy (non-hydrogen) atoms. The molecule has 2 heterocycles. The van der Waals surface area contributed by atoms with Gasteiger partial charge in [0.1, 0.15) is 11.3 Å². The number of rotatable bonds is 2. The van der Waals surface area contributed by atoms with Crippen LogP contribution in [0.2, 0.25) is 0 Å². The molecule has 1 unspecified atom stereocenters. The molecule has 0 fully saturated rings. The summed E-state index contributed by atoms with van der Waals surface area (Å²) in [6.07, 6.45) is 0.826. The van der Waals surface area contributed by atoms with Gasteiger partial charge in [-0.3, -0.25) is 0 Å². The van der Waals surface area contributed by atoms with Gasteiger partial charge in [0, 0.05) is 23.6 Å². The van der Waals surface area contributed by atoms with Crippen LogP contribution in [0.4, 0.5) is 0 Å². The molecule has 3 rings (SSSR count). The normalized spacial score (nSPS) is 15.4. The lowest BCUT2D eigenvalue weighted by atomic mass is 10.1. The van der Waals surface area contributed by atoms with Gasteiger partial charge in [-0.15, -0.1) is 0 Å². The first-order valence-corrected chi connectivity index (χ1v) is 5.72. The van der Waals surface area contributed by atoms with Crippen molar-refractivity contribution >= 4 is 11.0 Å². The second-order valence-corrected chi connectivity index (χ2v) is 4.23. The van der Waals surface area contributed by atoms with Crippen LogP contribution in [0.5, 0.6) is 5.75 Å². The highest BCUT2D eigenvalue weighted by atomic mass is 16.5. The Labute approximate surface area is 103 Å². The van der Waals surface area contributed by atoms with Gasteiger partial charge < -0.3 is 21.4 Å². The summed E-state index contributed by atoms with van der Waals surface area (Å²) < 4.78 is 5.41. The Kier molecular flexibility index (Phi) is 2.49. The van der Waals surface area contributed by atoms with Gasteiger partial charge in [0.2, 0.25) is 5.82 Å². The Morgan fingerprint density at radius 2 is 2.33 bits per heavy atom.